The van der Waals surface area contributed by atoms with Gasteiger partial charge in [-0.2, -0.15) is 5.10 Å². The number of nitrogens with one attached hydrogen (secondary N) is 3. The molecule has 11 nitrogen and oxygen atoms in total. The summed E-state index contributed by atoms with van der Waals surface area (Å²) in [5.74, 6) is -3.09. The standard InChI is InChI=1S/C24H22FN7O4/c25-15-12-28-19(16-10-17(22(26)34)30-29-16)20-18(15)14(11-27-20)21(33)24(36)32-8-6-31(7-9-32)23(35)13-4-2-1-3-5-13/h1-5,10-11,27-28H,6-9,12H2,(H2,26,34)(H,29,30). The van der Waals surface area contributed by atoms with Gasteiger partial charge in [-0.25, -0.2) is 4.39 Å². The van der Waals surface area contributed by atoms with Crippen LogP contribution in [0.25, 0.3) is 11.5 Å². The van der Waals surface area contributed by atoms with E-state index in [4.69, 9.17) is 5.73 Å². The van der Waals surface area contributed by atoms with E-state index >= 15 is 0 Å². The molecule has 0 bridgehead atoms. The zero-order chi connectivity index (χ0) is 25.4. The number of amides is 3. The minimum atomic E-state index is -0.855. The molecular formula is C24H22FN7O4. The maximum Gasteiger partial charge on any atom is 0.295 e. The Morgan fingerprint density at radius 3 is 2.36 bits per heavy atom. The molecule has 0 aliphatic carbocycles. The van der Waals surface area contributed by atoms with Crippen molar-refractivity contribution < 1.29 is 23.6 Å². The summed E-state index contributed by atoms with van der Waals surface area (Å²) in [5.41, 5.74) is 6.43. The summed E-state index contributed by atoms with van der Waals surface area (Å²) in [5, 5.41) is 9.59. The van der Waals surface area contributed by atoms with E-state index in [0.29, 0.717) is 17.0 Å². The van der Waals surface area contributed by atoms with Crippen molar-refractivity contribution in [2.45, 2.75) is 0 Å². The Bertz CT molecular complexity index is 1500. The first-order chi connectivity index (χ1) is 17.3. The number of primary amides is 1. The summed E-state index contributed by atoms with van der Waals surface area (Å²) in [6.45, 7) is 0.700. The van der Waals surface area contributed by atoms with Crippen LogP contribution in [0.5, 0.6) is 0 Å². The van der Waals surface area contributed by atoms with Gasteiger partial charge in [0.25, 0.3) is 23.5 Å². The maximum atomic E-state index is 14.9. The highest BCUT2D eigenvalue weighted by Gasteiger charge is 2.31. The molecule has 0 unspecified atom stereocenters. The fourth-order valence-corrected chi connectivity index (χ4v) is 4.35. The Balaban J connectivity index is 1.36. The average Bonchev–Trinajstić information content (AvgIpc) is 3.57. The number of nitrogens with zero attached hydrogens (tertiary/aromatic N) is 3. The number of aromatic amines is 2. The molecule has 0 radical (unpaired) electrons. The third-order valence-corrected chi connectivity index (χ3v) is 6.23. The predicted molar refractivity (Wildman–Crippen MR) is 125 cm³/mol. The molecule has 12 heteroatoms. The normalized spacial score (nSPS) is 15.4. The van der Waals surface area contributed by atoms with Gasteiger partial charge in [0.05, 0.1) is 23.2 Å². The predicted octanol–water partition coefficient (Wildman–Crippen LogP) is -1.16. The van der Waals surface area contributed by atoms with Gasteiger partial charge in [0.15, 0.2) is 0 Å². The van der Waals surface area contributed by atoms with Crippen LogP contribution >= 0.6 is 0 Å². The number of carbonyl (C=O) groups excluding carboxylic acids is 4. The first-order valence-corrected chi connectivity index (χ1v) is 11.2. The van der Waals surface area contributed by atoms with Crippen molar-refractivity contribution in [2.24, 2.45) is 5.73 Å². The molecule has 4 heterocycles. The molecule has 0 saturated carbocycles. The van der Waals surface area contributed by atoms with Gasteiger partial charge in [0.2, 0.25) is 0 Å². The van der Waals surface area contributed by atoms with Crippen LogP contribution in [0.4, 0.5) is 4.39 Å². The van der Waals surface area contributed by atoms with Crippen molar-refractivity contribution in [3.05, 3.63) is 75.7 Å². The SMILES string of the molecule is NC(=O)c1cc(C2=c3[nH]cc(C(=O)C(=O)N4CCN(C(=O)c5ccccc5)CC4)c3=C(F)CN2)n[nH]1. The molecule has 184 valence electrons. The molecule has 1 fully saturated rings. The first kappa shape index (κ1) is 23.0. The van der Waals surface area contributed by atoms with E-state index in [2.05, 4.69) is 20.5 Å². The second-order valence-corrected chi connectivity index (χ2v) is 8.40. The molecule has 2 aliphatic heterocycles. The second-order valence-electron chi connectivity index (χ2n) is 8.40. The Hall–Kier alpha value is -4.74. The number of H-pyrrole nitrogens is 2. The van der Waals surface area contributed by atoms with Crippen molar-refractivity contribution in [1.82, 2.24) is 30.3 Å². The van der Waals surface area contributed by atoms with Gasteiger partial charge >= 0.3 is 0 Å². The number of hydrogen-bond acceptors (Lipinski definition) is 6. The zero-order valence-corrected chi connectivity index (χ0v) is 19.0. The molecule has 0 spiro atoms. The number of halogens is 1. The van der Waals surface area contributed by atoms with Crippen molar-refractivity contribution in [1.29, 1.82) is 0 Å². The molecule has 1 saturated heterocycles. The summed E-state index contributed by atoms with van der Waals surface area (Å²) in [6, 6.07) is 10.2. The fraction of sp³-hybridized carbons (Fsp3) is 0.208. The van der Waals surface area contributed by atoms with Crippen LogP contribution in [0.1, 0.15) is 36.9 Å². The summed E-state index contributed by atoms with van der Waals surface area (Å²) < 4.78 is 14.9. The van der Waals surface area contributed by atoms with Crippen LogP contribution in [0.3, 0.4) is 0 Å². The van der Waals surface area contributed by atoms with E-state index in [9.17, 15) is 23.6 Å². The minimum Gasteiger partial charge on any atom is -0.375 e. The largest absolute Gasteiger partial charge is 0.375 e. The number of ketones is 1. The van der Waals surface area contributed by atoms with Gasteiger partial charge in [-0.3, -0.25) is 24.3 Å². The van der Waals surface area contributed by atoms with E-state index < -0.39 is 23.4 Å². The summed E-state index contributed by atoms with van der Waals surface area (Å²) in [7, 11) is 0. The molecule has 3 amide bonds. The average molecular weight is 491 g/mol. The minimum absolute atomic E-state index is 0.0244. The molecule has 36 heavy (non-hydrogen) atoms. The fourth-order valence-electron chi connectivity index (χ4n) is 4.35. The highest BCUT2D eigenvalue weighted by atomic mass is 19.1. The number of nitrogens with two attached hydrogens (primary N) is 1. The zero-order valence-electron chi connectivity index (χ0n) is 19.0. The topological polar surface area (TPSA) is 157 Å². The van der Waals surface area contributed by atoms with Crippen molar-refractivity contribution in [2.75, 3.05) is 32.7 Å². The Labute approximate surface area is 203 Å². The highest BCUT2D eigenvalue weighted by Crippen LogP contribution is 2.13. The highest BCUT2D eigenvalue weighted by molar-refractivity contribution is 6.42. The molecule has 5 rings (SSSR count). The lowest BCUT2D eigenvalue weighted by Crippen LogP contribution is -2.52. The Morgan fingerprint density at radius 2 is 1.69 bits per heavy atom. The number of rotatable bonds is 5. The molecular weight excluding hydrogens is 469 g/mol. The molecule has 2 aromatic heterocycles. The van der Waals surface area contributed by atoms with E-state index in [1.54, 1.807) is 29.2 Å². The van der Waals surface area contributed by atoms with Gasteiger partial charge in [0, 0.05) is 43.2 Å². The van der Waals surface area contributed by atoms with E-state index in [-0.39, 0.29) is 60.5 Å². The van der Waals surface area contributed by atoms with Crippen LogP contribution in [-0.2, 0) is 4.79 Å². The lowest BCUT2D eigenvalue weighted by molar-refractivity contribution is -0.127. The van der Waals surface area contributed by atoms with Gasteiger partial charge in [0.1, 0.15) is 17.2 Å². The van der Waals surface area contributed by atoms with Crippen LogP contribution in [0.2, 0.25) is 0 Å². The molecule has 0 atom stereocenters. The van der Waals surface area contributed by atoms with Gasteiger partial charge < -0.3 is 25.8 Å². The number of aromatic nitrogens is 3. The summed E-state index contributed by atoms with van der Waals surface area (Å²) in [4.78, 5) is 56.0. The maximum absolute atomic E-state index is 14.9. The van der Waals surface area contributed by atoms with Gasteiger partial charge in [-0.1, -0.05) is 18.2 Å². The lowest BCUT2D eigenvalue weighted by atomic mass is 10.1. The number of benzene rings is 1. The second kappa shape index (κ2) is 9.13. The molecule has 3 aromatic rings. The third kappa shape index (κ3) is 4.02. The smallest absolute Gasteiger partial charge is 0.295 e. The Morgan fingerprint density at radius 1 is 1.00 bits per heavy atom. The Kier molecular flexibility index (Phi) is 5.84. The van der Waals surface area contributed by atoms with Crippen LogP contribution in [0.15, 0.2) is 42.6 Å². The number of piperazine rings is 1. The lowest BCUT2D eigenvalue weighted by Gasteiger charge is -2.34. The quantitative estimate of drug-likeness (QED) is 0.261. The monoisotopic (exact) mass is 491 g/mol. The van der Waals surface area contributed by atoms with Gasteiger partial charge in [-0.05, 0) is 18.2 Å². The molecule has 1 aromatic carbocycles. The van der Waals surface area contributed by atoms with Crippen molar-refractivity contribution in [3.8, 4) is 0 Å². The van der Waals surface area contributed by atoms with E-state index in [1.807, 2.05) is 6.07 Å². The number of fused-ring (bicyclic) bond motifs is 1. The number of hydrogen-bond donors (Lipinski definition) is 4. The molecule has 5 N–H and O–H groups in total. The third-order valence-electron chi connectivity index (χ3n) is 6.23. The molecule has 2 aliphatic rings. The summed E-state index contributed by atoms with van der Waals surface area (Å²) in [6.07, 6.45) is 1.29. The van der Waals surface area contributed by atoms with Gasteiger partial charge in [-0.15, -0.1) is 0 Å². The first-order valence-electron chi connectivity index (χ1n) is 11.2. The van der Waals surface area contributed by atoms with E-state index in [1.165, 1.54) is 17.2 Å². The van der Waals surface area contributed by atoms with E-state index in [0.717, 1.165) is 0 Å². The number of carbonyl (C=O) groups is 4. The number of Topliss-reactive ketones (excluding diaryl/α,β-unsaturated/α-hetero) is 1. The van der Waals surface area contributed by atoms with Crippen molar-refractivity contribution in [3.63, 3.8) is 0 Å². The van der Waals surface area contributed by atoms with Crippen LogP contribution < -0.4 is 21.6 Å². The summed E-state index contributed by atoms with van der Waals surface area (Å²) >= 11 is 0. The van der Waals surface area contributed by atoms with Crippen LogP contribution in [-0.4, -0.2) is 81.2 Å². The van der Waals surface area contributed by atoms with Crippen LogP contribution in [0, 0.1) is 0 Å². The van der Waals surface area contributed by atoms with Crippen molar-refractivity contribution >= 4 is 35.0 Å².